The van der Waals surface area contributed by atoms with Gasteiger partial charge in [0, 0.05) is 22.8 Å². The maximum absolute atomic E-state index is 12.8. The summed E-state index contributed by atoms with van der Waals surface area (Å²) in [5.74, 6) is 0.230. The van der Waals surface area contributed by atoms with E-state index >= 15 is 0 Å². The monoisotopic (exact) mass is 383 g/mol. The van der Waals surface area contributed by atoms with Gasteiger partial charge in [0.15, 0.2) is 0 Å². The van der Waals surface area contributed by atoms with Gasteiger partial charge in [-0.2, -0.15) is 0 Å². The number of rotatable bonds is 8. The van der Waals surface area contributed by atoms with E-state index < -0.39 is 6.04 Å². The molecule has 1 aromatic rings. The molecule has 2 rings (SSSR count). The molecule has 0 N–H and O–H groups in total. The van der Waals surface area contributed by atoms with E-state index in [4.69, 9.17) is 16.3 Å². The topological polar surface area (TPSA) is 46.6 Å². The van der Waals surface area contributed by atoms with Crippen LogP contribution >= 0.6 is 23.4 Å². The second kappa shape index (κ2) is 10.1. The highest BCUT2D eigenvalue weighted by atomic mass is 35.5. The number of esters is 1. The molecule has 6 heteroatoms. The molecule has 0 saturated carbocycles. The van der Waals surface area contributed by atoms with Crippen LogP contribution in [0.2, 0.25) is 5.02 Å². The summed E-state index contributed by atoms with van der Waals surface area (Å²) in [5.41, 5.74) is 0.878. The molecule has 0 unspecified atom stereocenters. The largest absolute Gasteiger partial charge is 0.464 e. The Balaban J connectivity index is 2.20. The van der Waals surface area contributed by atoms with Crippen molar-refractivity contribution in [3.63, 3.8) is 0 Å². The number of hydrogen-bond acceptors (Lipinski definition) is 4. The summed E-state index contributed by atoms with van der Waals surface area (Å²) in [6, 6.07) is 6.98. The zero-order valence-corrected chi connectivity index (χ0v) is 16.4. The predicted octanol–water partition coefficient (Wildman–Crippen LogP) is 4.82. The second-order valence-electron chi connectivity index (χ2n) is 6.15. The van der Waals surface area contributed by atoms with Crippen molar-refractivity contribution < 1.29 is 14.3 Å². The molecule has 25 heavy (non-hydrogen) atoms. The van der Waals surface area contributed by atoms with E-state index in [9.17, 15) is 9.59 Å². The van der Waals surface area contributed by atoms with Gasteiger partial charge in [-0.05, 0) is 18.9 Å². The van der Waals surface area contributed by atoms with Gasteiger partial charge in [0.1, 0.15) is 11.4 Å². The molecular formula is C19H26ClNO3S. The number of benzene rings is 1. The molecule has 0 aromatic heterocycles. The Morgan fingerprint density at radius 2 is 1.96 bits per heavy atom. The highest BCUT2D eigenvalue weighted by Gasteiger charge is 2.43. The van der Waals surface area contributed by atoms with Crippen LogP contribution in [0.15, 0.2) is 24.3 Å². The Labute approximate surface area is 159 Å². The van der Waals surface area contributed by atoms with Crippen LogP contribution in [0.3, 0.4) is 0 Å². The van der Waals surface area contributed by atoms with E-state index in [0.717, 1.165) is 31.2 Å². The molecule has 0 aliphatic carbocycles. The highest BCUT2D eigenvalue weighted by molar-refractivity contribution is 7.99. The summed E-state index contributed by atoms with van der Waals surface area (Å²) in [6.45, 7) is 4.51. The zero-order valence-electron chi connectivity index (χ0n) is 14.9. The van der Waals surface area contributed by atoms with Crippen LogP contribution in [0, 0.1) is 0 Å². The van der Waals surface area contributed by atoms with Gasteiger partial charge in [0.05, 0.1) is 6.61 Å². The lowest BCUT2D eigenvalue weighted by Gasteiger charge is -2.29. The highest BCUT2D eigenvalue weighted by Crippen LogP contribution is 2.44. The number of nitrogens with zero attached hydrogens (tertiary/aromatic N) is 1. The molecule has 0 bridgehead atoms. The number of ether oxygens (including phenoxy) is 1. The number of amides is 1. The minimum absolute atomic E-state index is 0.00536. The summed E-state index contributed by atoms with van der Waals surface area (Å²) >= 11 is 7.92. The first kappa shape index (κ1) is 20.1. The molecule has 1 aromatic carbocycles. The Bertz CT molecular complexity index is 596. The lowest BCUT2D eigenvalue weighted by atomic mass is 10.1. The van der Waals surface area contributed by atoms with Crippen molar-refractivity contribution in [2.45, 2.75) is 57.4 Å². The molecule has 0 spiro atoms. The van der Waals surface area contributed by atoms with Crippen molar-refractivity contribution in [1.29, 1.82) is 0 Å². The van der Waals surface area contributed by atoms with E-state index in [-0.39, 0.29) is 17.3 Å². The number of carbonyl (C=O) groups excluding carboxylic acids is 2. The summed E-state index contributed by atoms with van der Waals surface area (Å²) in [5, 5.41) is 0.384. The first-order chi connectivity index (χ1) is 12.1. The normalized spacial score (nSPS) is 19.9. The molecule has 1 aliphatic heterocycles. The van der Waals surface area contributed by atoms with Gasteiger partial charge in [-0.3, -0.25) is 4.79 Å². The molecule has 1 fully saturated rings. The minimum Gasteiger partial charge on any atom is -0.464 e. The quantitative estimate of drug-likeness (QED) is 0.477. The fourth-order valence-electron chi connectivity index (χ4n) is 2.78. The molecule has 1 amide bonds. The predicted molar refractivity (Wildman–Crippen MR) is 103 cm³/mol. The van der Waals surface area contributed by atoms with Gasteiger partial charge in [-0.1, -0.05) is 56.5 Å². The van der Waals surface area contributed by atoms with Gasteiger partial charge in [0.25, 0.3) is 0 Å². The van der Waals surface area contributed by atoms with E-state index in [2.05, 4.69) is 0 Å². The molecule has 2 atom stereocenters. The summed E-state index contributed by atoms with van der Waals surface area (Å²) < 4.78 is 5.39. The molecular weight excluding hydrogens is 358 g/mol. The second-order valence-corrected chi connectivity index (χ2v) is 7.67. The van der Waals surface area contributed by atoms with Crippen LogP contribution in [0.5, 0.6) is 0 Å². The van der Waals surface area contributed by atoms with E-state index in [1.807, 2.05) is 38.1 Å². The van der Waals surface area contributed by atoms with Crippen molar-refractivity contribution in [1.82, 2.24) is 4.90 Å². The molecule has 1 saturated heterocycles. The SMILES string of the molecule is CCCCOC(=O)[C@@H]1CS[C@@H](c2ccccc2Cl)N1C(=O)CCCC. The van der Waals surface area contributed by atoms with Crippen molar-refractivity contribution in [2.75, 3.05) is 12.4 Å². The van der Waals surface area contributed by atoms with Gasteiger partial charge in [0.2, 0.25) is 5.91 Å². The minimum atomic E-state index is -0.535. The van der Waals surface area contributed by atoms with E-state index in [0.29, 0.717) is 23.8 Å². The number of carbonyl (C=O) groups is 2. The van der Waals surface area contributed by atoms with Crippen molar-refractivity contribution in [2.24, 2.45) is 0 Å². The Kier molecular flexibility index (Phi) is 8.10. The molecule has 1 aliphatic rings. The van der Waals surface area contributed by atoms with Gasteiger partial charge in [-0.25, -0.2) is 4.79 Å². The number of thioether (sulfide) groups is 1. The maximum atomic E-state index is 12.8. The Hall–Kier alpha value is -1.20. The molecule has 0 radical (unpaired) electrons. The van der Waals surface area contributed by atoms with Crippen molar-refractivity contribution in [3.05, 3.63) is 34.9 Å². The Morgan fingerprint density at radius 3 is 2.64 bits per heavy atom. The van der Waals surface area contributed by atoms with Crippen LogP contribution in [0.1, 0.15) is 56.9 Å². The number of hydrogen-bond donors (Lipinski definition) is 0. The maximum Gasteiger partial charge on any atom is 0.329 e. The average Bonchev–Trinajstić information content (AvgIpc) is 3.05. The molecule has 1 heterocycles. The zero-order chi connectivity index (χ0) is 18.2. The van der Waals surface area contributed by atoms with Crippen molar-refractivity contribution in [3.8, 4) is 0 Å². The van der Waals surface area contributed by atoms with Gasteiger partial charge < -0.3 is 9.64 Å². The van der Waals surface area contributed by atoms with E-state index in [1.54, 1.807) is 16.7 Å². The summed E-state index contributed by atoms with van der Waals surface area (Å²) in [6.07, 6.45) is 4.00. The van der Waals surface area contributed by atoms with Crippen LogP contribution in [-0.2, 0) is 14.3 Å². The number of unbranched alkanes of at least 4 members (excludes halogenated alkanes) is 2. The third kappa shape index (κ3) is 5.14. The van der Waals surface area contributed by atoms with Crippen molar-refractivity contribution >= 4 is 35.2 Å². The lowest BCUT2D eigenvalue weighted by molar-refractivity contribution is -0.154. The fraction of sp³-hybridized carbons (Fsp3) is 0.579. The average molecular weight is 384 g/mol. The standard InChI is InChI=1S/C19H26ClNO3S/c1-3-5-11-17(22)21-16(19(23)24-12-6-4-2)13-25-18(21)14-9-7-8-10-15(14)20/h7-10,16,18H,3-6,11-13H2,1-2H3/t16-,18-/m0/s1. The fourth-order valence-corrected chi connectivity index (χ4v) is 4.55. The Morgan fingerprint density at radius 1 is 1.24 bits per heavy atom. The van der Waals surface area contributed by atoms with Crippen LogP contribution < -0.4 is 0 Å². The first-order valence-electron chi connectivity index (χ1n) is 8.94. The van der Waals surface area contributed by atoms with Crippen LogP contribution in [0.4, 0.5) is 0 Å². The summed E-state index contributed by atoms with van der Waals surface area (Å²) in [7, 11) is 0. The van der Waals surface area contributed by atoms with Crippen LogP contribution in [0.25, 0.3) is 0 Å². The van der Waals surface area contributed by atoms with Gasteiger partial charge >= 0.3 is 5.97 Å². The van der Waals surface area contributed by atoms with Gasteiger partial charge in [-0.15, -0.1) is 11.8 Å². The smallest absolute Gasteiger partial charge is 0.329 e. The van der Waals surface area contributed by atoms with E-state index in [1.165, 1.54) is 0 Å². The van der Waals surface area contributed by atoms with Crippen LogP contribution in [-0.4, -0.2) is 35.2 Å². The third-order valence-corrected chi connectivity index (χ3v) is 5.87. The third-order valence-electron chi connectivity index (χ3n) is 4.22. The molecule has 4 nitrogen and oxygen atoms in total. The molecule has 138 valence electrons. The number of halogens is 1. The summed E-state index contributed by atoms with van der Waals surface area (Å²) in [4.78, 5) is 27.0. The lowest BCUT2D eigenvalue weighted by Crippen LogP contribution is -2.43. The first-order valence-corrected chi connectivity index (χ1v) is 10.4.